The van der Waals surface area contributed by atoms with Gasteiger partial charge < -0.3 is 15.3 Å². The summed E-state index contributed by atoms with van der Waals surface area (Å²) in [5, 5.41) is 2.67. The minimum Gasteiger partial charge on any atom is -0.327 e. The number of aromatic amines is 2. The highest BCUT2D eigenvalue weighted by Crippen LogP contribution is 2.10. The quantitative estimate of drug-likeness (QED) is 0.804. The van der Waals surface area contributed by atoms with E-state index in [1.165, 1.54) is 12.3 Å². The number of rotatable bonds is 4. The minimum atomic E-state index is -0.387. The third kappa shape index (κ3) is 3.94. The Kier molecular flexibility index (Phi) is 4.60. The maximum atomic E-state index is 12.2. The highest BCUT2D eigenvalue weighted by Gasteiger charge is 2.10. The molecular weight excluding hydrogens is 282 g/mol. The molecule has 0 spiro atoms. The molecule has 1 amide bonds. The van der Waals surface area contributed by atoms with Crippen LogP contribution in [0.5, 0.6) is 0 Å². The first-order chi connectivity index (χ1) is 10.3. The molecule has 2 heterocycles. The van der Waals surface area contributed by atoms with E-state index in [9.17, 15) is 14.4 Å². The molecule has 0 aliphatic heterocycles. The Hall–Kier alpha value is -2.63. The molecule has 0 bridgehead atoms. The number of amides is 1. The van der Waals surface area contributed by atoms with Crippen molar-refractivity contribution in [1.82, 2.24) is 9.97 Å². The molecule has 2 aromatic heterocycles. The van der Waals surface area contributed by atoms with Crippen LogP contribution in [-0.2, 0) is 6.42 Å². The van der Waals surface area contributed by atoms with Gasteiger partial charge in [-0.05, 0) is 31.4 Å². The average Bonchev–Trinajstić information content (AvgIpc) is 2.41. The van der Waals surface area contributed by atoms with Crippen LogP contribution in [0, 0.1) is 12.8 Å². The Morgan fingerprint density at radius 3 is 2.59 bits per heavy atom. The van der Waals surface area contributed by atoms with Crippen molar-refractivity contribution >= 4 is 11.6 Å². The molecular formula is C16H19N3O3. The van der Waals surface area contributed by atoms with Crippen LogP contribution in [0.25, 0.3) is 0 Å². The monoisotopic (exact) mass is 301 g/mol. The lowest BCUT2D eigenvalue weighted by Gasteiger charge is -2.08. The smallest absolute Gasteiger partial charge is 0.255 e. The van der Waals surface area contributed by atoms with Crippen molar-refractivity contribution in [2.75, 3.05) is 5.32 Å². The Morgan fingerprint density at radius 2 is 1.95 bits per heavy atom. The Bertz CT molecular complexity index is 803. The van der Waals surface area contributed by atoms with E-state index in [1.807, 2.05) is 13.8 Å². The van der Waals surface area contributed by atoms with E-state index in [1.54, 1.807) is 19.1 Å². The molecule has 22 heavy (non-hydrogen) atoms. The van der Waals surface area contributed by atoms with Crippen molar-refractivity contribution in [2.45, 2.75) is 27.2 Å². The molecule has 0 saturated carbocycles. The van der Waals surface area contributed by atoms with E-state index in [0.29, 0.717) is 29.2 Å². The number of hydrogen-bond acceptors (Lipinski definition) is 3. The third-order valence-corrected chi connectivity index (χ3v) is 3.14. The van der Waals surface area contributed by atoms with Crippen LogP contribution in [-0.4, -0.2) is 15.9 Å². The first-order valence-corrected chi connectivity index (χ1v) is 7.09. The molecule has 2 aromatic rings. The number of carbonyl (C=O) groups excluding carboxylic acids is 1. The fourth-order valence-corrected chi connectivity index (χ4v) is 2.15. The number of pyridine rings is 2. The maximum absolute atomic E-state index is 12.2. The number of aromatic nitrogens is 2. The average molecular weight is 301 g/mol. The van der Waals surface area contributed by atoms with Crippen LogP contribution in [0.2, 0.25) is 0 Å². The van der Waals surface area contributed by atoms with Crippen molar-refractivity contribution in [2.24, 2.45) is 5.92 Å². The summed E-state index contributed by atoms with van der Waals surface area (Å²) in [6.07, 6.45) is 2.11. The van der Waals surface area contributed by atoms with Gasteiger partial charge in [0.25, 0.3) is 11.5 Å². The van der Waals surface area contributed by atoms with Gasteiger partial charge in [0, 0.05) is 29.1 Å². The van der Waals surface area contributed by atoms with Gasteiger partial charge in [0.2, 0.25) is 5.56 Å². The van der Waals surface area contributed by atoms with Gasteiger partial charge in [-0.15, -0.1) is 0 Å². The molecule has 0 radical (unpaired) electrons. The van der Waals surface area contributed by atoms with Crippen LogP contribution in [0.4, 0.5) is 5.69 Å². The molecule has 0 atom stereocenters. The molecule has 0 aliphatic carbocycles. The number of H-pyrrole nitrogens is 2. The van der Waals surface area contributed by atoms with Crippen molar-refractivity contribution in [1.29, 1.82) is 0 Å². The number of carbonyl (C=O) groups is 1. The summed E-state index contributed by atoms with van der Waals surface area (Å²) in [5.41, 5.74) is 1.50. The first kappa shape index (κ1) is 15.8. The number of aryl methyl sites for hydroxylation is 1. The number of hydrogen-bond donors (Lipinski definition) is 3. The lowest BCUT2D eigenvalue weighted by atomic mass is 10.1. The van der Waals surface area contributed by atoms with Gasteiger partial charge in [-0.3, -0.25) is 14.4 Å². The normalized spacial score (nSPS) is 10.7. The Labute approximate surface area is 127 Å². The SMILES string of the molecule is Cc1cc(NC(=O)c2cc(CC(C)C)[nH]c(=O)c2)c[nH]c1=O. The lowest BCUT2D eigenvalue weighted by Crippen LogP contribution is -2.19. The van der Waals surface area contributed by atoms with Gasteiger partial charge in [0.15, 0.2) is 0 Å². The molecule has 6 heteroatoms. The minimum absolute atomic E-state index is 0.201. The van der Waals surface area contributed by atoms with E-state index in [0.717, 1.165) is 5.69 Å². The second-order valence-electron chi connectivity index (χ2n) is 5.71. The molecule has 0 aliphatic rings. The molecule has 0 fully saturated rings. The topological polar surface area (TPSA) is 94.8 Å². The zero-order valence-electron chi connectivity index (χ0n) is 12.8. The lowest BCUT2D eigenvalue weighted by molar-refractivity contribution is 0.102. The van der Waals surface area contributed by atoms with E-state index >= 15 is 0 Å². The van der Waals surface area contributed by atoms with Crippen LogP contribution in [0.3, 0.4) is 0 Å². The summed E-state index contributed by atoms with van der Waals surface area (Å²) in [7, 11) is 0. The summed E-state index contributed by atoms with van der Waals surface area (Å²) in [6, 6.07) is 4.52. The van der Waals surface area contributed by atoms with Crippen LogP contribution in [0.1, 0.15) is 35.5 Å². The fourth-order valence-electron chi connectivity index (χ4n) is 2.15. The van der Waals surface area contributed by atoms with Crippen LogP contribution in [0.15, 0.2) is 34.0 Å². The third-order valence-electron chi connectivity index (χ3n) is 3.14. The predicted octanol–water partition coefficient (Wildman–Crippen LogP) is 1.82. The van der Waals surface area contributed by atoms with Crippen LogP contribution >= 0.6 is 0 Å². The molecule has 0 saturated heterocycles. The zero-order chi connectivity index (χ0) is 16.3. The summed E-state index contributed by atoms with van der Waals surface area (Å²) >= 11 is 0. The fraction of sp³-hybridized carbons (Fsp3) is 0.312. The molecule has 0 aromatic carbocycles. The molecule has 3 N–H and O–H groups in total. The van der Waals surface area contributed by atoms with E-state index in [4.69, 9.17) is 0 Å². The van der Waals surface area contributed by atoms with Crippen LogP contribution < -0.4 is 16.4 Å². The Balaban J connectivity index is 2.25. The van der Waals surface area contributed by atoms with E-state index < -0.39 is 0 Å². The summed E-state index contributed by atoms with van der Waals surface area (Å²) in [4.78, 5) is 40.5. The summed E-state index contributed by atoms with van der Waals surface area (Å²) in [6.45, 7) is 5.73. The van der Waals surface area contributed by atoms with Crippen molar-refractivity contribution in [3.8, 4) is 0 Å². The van der Waals surface area contributed by atoms with Gasteiger partial charge in [0.05, 0.1) is 5.69 Å². The summed E-state index contributed by atoms with van der Waals surface area (Å²) in [5.74, 6) is -0.0154. The molecule has 116 valence electrons. The molecule has 2 rings (SSSR count). The first-order valence-electron chi connectivity index (χ1n) is 7.09. The molecule has 6 nitrogen and oxygen atoms in total. The predicted molar refractivity (Wildman–Crippen MR) is 85.4 cm³/mol. The zero-order valence-corrected chi connectivity index (χ0v) is 12.8. The van der Waals surface area contributed by atoms with Crippen molar-refractivity contribution in [3.05, 3.63) is 61.9 Å². The van der Waals surface area contributed by atoms with Gasteiger partial charge in [-0.1, -0.05) is 13.8 Å². The highest BCUT2D eigenvalue weighted by atomic mass is 16.2. The van der Waals surface area contributed by atoms with E-state index in [-0.39, 0.29) is 17.0 Å². The van der Waals surface area contributed by atoms with Gasteiger partial charge in [0.1, 0.15) is 0 Å². The van der Waals surface area contributed by atoms with Gasteiger partial charge in [-0.25, -0.2) is 0 Å². The number of anilines is 1. The number of nitrogens with one attached hydrogen (secondary N) is 3. The van der Waals surface area contributed by atoms with Gasteiger partial charge >= 0.3 is 0 Å². The highest BCUT2D eigenvalue weighted by molar-refractivity contribution is 6.04. The summed E-state index contributed by atoms with van der Waals surface area (Å²) < 4.78 is 0. The second kappa shape index (κ2) is 6.43. The van der Waals surface area contributed by atoms with Crippen molar-refractivity contribution in [3.63, 3.8) is 0 Å². The maximum Gasteiger partial charge on any atom is 0.255 e. The Morgan fingerprint density at radius 1 is 1.23 bits per heavy atom. The standard InChI is InChI=1S/C16H19N3O3/c1-9(2)4-12-6-11(7-14(20)18-12)16(22)19-13-5-10(3)15(21)17-8-13/h5-9H,4H2,1-3H3,(H,17,21)(H,18,20)(H,19,22). The van der Waals surface area contributed by atoms with E-state index in [2.05, 4.69) is 15.3 Å². The molecule has 0 unspecified atom stereocenters. The second-order valence-corrected chi connectivity index (χ2v) is 5.71. The van der Waals surface area contributed by atoms with Crippen molar-refractivity contribution < 1.29 is 4.79 Å². The van der Waals surface area contributed by atoms with Gasteiger partial charge in [-0.2, -0.15) is 0 Å². The largest absolute Gasteiger partial charge is 0.327 e.